The molecule has 1 N–H and O–H groups in total. The fourth-order valence-electron chi connectivity index (χ4n) is 2.03. The Kier molecular flexibility index (Phi) is 6.19. The molecule has 0 fully saturated rings. The lowest BCUT2D eigenvalue weighted by molar-refractivity contribution is 0.0952. The first-order chi connectivity index (χ1) is 11.7. The quantitative estimate of drug-likeness (QED) is 0.627. The zero-order valence-corrected chi connectivity index (χ0v) is 13.9. The number of rotatable bonds is 7. The highest BCUT2D eigenvalue weighted by Gasteiger charge is 2.12. The van der Waals surface area contributed by atoms with Crippen LogP contribution in [0.15, 0.2) is 47.6 Å². The van der Waals surface area contributed by atoms with Gasteiger partial charge in [0.05, 0.1) is 32.6 Å². The fraction of sp³-hybridized carbons (Fsp3) is 0.222. The number of carbonyl (C=O) groups is 1. The van der Waals surface area contributed by atoms with E-state index in [1.54, 1.807) is 31.5 Å². The van der Waals surface area contributed by atoms with Crippen molar-refractivity contribution in [2.45, 2.75) is 6.92 Å². The van der Waals surface area contributed by atoms with E-state index in [2.05, 4.69) is 10.5 Å². The van der Waals surface area contributed by atoms with E-state index in [0.717, 1.165) is 11.3 Å². The van der Waals surface area contributed by atoms with Gasteiger partial charge < -0.3 is 14.2 Å². The second kappa shape index (κ2) is 8.57. The van der Waals surface area contributed by atoms with Gasteiger partial charge in [-0.25, -0.2) is 5.43 Å². The monoisotopic (exact) mass is 328 g/mol. The van der Waals surface area contributed by atoms with Gasteiger partial charge in [-0.3, -0.25) is 4.79 Å². The molecule has 0 saturated heterocycles. The summed E-state index contributed by atoms with van der Waals surface area (Å²) in [7, 11) is 3.05. The first-order valence-electron chi connectivity index (χ1n) is 7.46. The molecule has 0 heterocycles. The summed E-state index contributed by atoms with van der Waals surface area (Å²) in [5, 5.41) is 3.96. The van der Waals surface area contributed by atoms with Crippen LogP contribution in [0, 0.1) is 0 Å². The van der Waals surface area contributed by atoms with Crippen molar-refractivity contribution in [2.24, 2.45) is 5.10 Å². The molecule has 0 unspecified atom stereocenters. The van der Waals surface area contributed by atoms with Crippen LogP contribution in [-0.2, 0) is 0 Å². The summed E-state index contributed by atoms with van der Waals surface area (Å²) in [6.07, 6.45) is 1.56. The molecule has 0 atom stereocenters. The molecule has 2 aromatic rings. The smallest absolute Gasteiger partial charge is 0.275 e. The molecule has 6 heteroatoms. The van der Waals surface area contributed by atoms with Crippen LogP contribution < -0.4 is 19.6 Å². The van der Waals surface area contributed by atoms with Gasteiger partial charge in [0, 0.05) is 6.07 Å². The fourth-order valence-corrected chi connectivity index (χ4v) is 2.03. The van der Waals surface area contributed by atoms with Crippen molar-refractivity contribution in [3.8, 4) is 17.2 Å². The number of methoxy groups -OCH3 is 2. The minimum Gasteiger partial charge on any atom is -0.497 e. The van der Waals surface area contributed by atoms with Gasteiger partial charge in [0.1, 0.15) is 17.2 Å². The van der Waals surface area contributed by atoms with Crippen LogP contribution >= 0.6 is 0 Å². The SMILES string of the molecule is CCOc1ccc(/C=N\NC(=O)c2ccc(OC)cc2OC)cc1. The van der Waals surface area contributed by atoms with Crippen molar-refractivity contribution in [1.29, 1.82) is 0 Å². The number of hydrogen-bond donors (Lipinski definition) is 1. The van der Waals surface area contributed by atoms with Crippen LogP contribution in [0.4, 0.5) is 0 Å². The summed E-state index contributed by atoms with van der Waals surface area (Å²) >= 11 is 0. The lowest BCUT2D eigenvalue weighted by atomic mass is 10.2. The molecule has 2 rings (SSSR count). The van der Waals surface area contributed by atoms with Crippen molar-refractivity contribution in [3.05, 3.63) is 53.6 Å². The highest BCUT2D eigenvalue weighted by molar-refractivity contribution is 5.97. The van der Waals surface area contributed by atoms with Crippen LogP contribution in [0.5, 0.6) is 17.2 Å². The molecule has 0 bridgehead atoms. The van der Waals surface area contributed by atoms with E-state index in [1.807, 2.05) is 31.2 Å². The summed E-state index contributed by atoms with van der Waals surface area (Å²) in [4.78, 5) is 12.2. The normalized spacial score (nSPS) is 10.5. The zero-order valence-electron chi connectivity index (χ0n) is 13.9. The van der Waals surface area contributed by atoms with Crippen LogP contribution in [0.3, 0.4) is 0 Å². The Balaban J connectivity index is 2.02. The molecule has 1 amide bonds. The standard InChI is InChI=1S/C18H20N2O4/c1-4-24-14-7-5-13(6-8-14)12-19-20-18(21)16-10-9-15(22-2)11-17(16)23-3/h5-12H,4H2,1-3H3,(H,20,21)/b19-12-. The Morgan fingerprint density at radius 3 is 2.42 bits per heavy atom. The third kappa shape index (κ3) is 4.49. The molecular weight excluding hydrogens is 308 g/mol. The number of nitrogens with one attached hydrogen (secondary N) is 1. The van der Waals surface area contributed by atoms with Gasteiger partial charge in [0.2, 0.25) is 0 Å². The molecule has 6 nitrogen and oxygen atoms in total. The number of nitrogens with zero attached hydrogens (tertiary/aromatic N) is 1. The molecule has 126 valence electrons. The van der Waals surface area contributed by atoms with Crippen LogP contribution in [0.2, 0.25) is 0 Å². The van der Waals surface area contributed by atoms with Gasteiger partial charge in [0.15, 0.2) is 0 Å². The number of benzene rings is 2. The number of carbonyl (C=O) groups excluding carboxylic acids is 1. The molecule has 24 heavy (non-hydrogen) atoms. The maximum atomic E-state index is 12.2. The van der Waals surface area contributed by atoms with E-state index >= 15 is 0 Å². The van der Waals surface area contributed by atoms with Gasteiger partial charge in [-0.05, 0) is 48.9 Å². The average Bonchev–Trinajstić information content (AvgIpc) is 2.62. The summed E-state index contributed by atoms with van der Waals surface area (Å²) in [5.41, 5.74) is 3.70. The topological polar surface area (TPSA) is 69.2 Å². The molecular formula is C18H20N2O4. The Morgan fingerprint density at radius 1 is 1.08 bits per heavy atom. The van der Waals surface area contributed by atoms with Crippen molar-refractivity contribution in [3.63, 3.8) is 0 Å². The maximum Gasteiger partial charge on any atom is 0.275 e. The number of amides is 1. The van der Waals surface area contributed by atoms with Gasteiger partial charge >= 0.3 is 0 Å². The molecule has 0 aliphatic carbocycles. The maximum absolute atomic E-state index is 12.2. The second-order valence-electron chi connectivity index (χ2n) is 4.77. The Hall–Kier alpha value is -3.02. The van der Waals surface area contributed by atoms with Gasteiger partial charge in [-0.2, -0.15) is 5.10 Å². The van der Waals surface area contributed by atoms with Crippen molar-refractivity contribution >= 4 is 12.1 Å². The largest absolute Gasteiger partial charge is 0.497 e. The lowest BCUT2D eigenvalue weighted by Gasteiger charge is -2.08. The van der Waals surface area contributed by atoms with Gasteiger partial charge in [-0.1, -0.05) is 0 Å². The molecule has 0 aromatic heterocycles. The molecule has 0 saturated carbocycles. The third-order valence-electron chi connectivity index (χ3n) is 3.22. The zero-order chi connectivity index (χ0) is 17.4. The Morgan fingerprint density at radius 2 is 1.79 bits per heavy atom. The average molecular weight is 328 g/mol. The predicted octanol–water partition coefficient (Wildman–Crippen LogP) is 2.87. The molecule has 2 aromatic carbocycles. The lowest BCUT2D eigenvalue weighted by Crippen LogP contribution is -2.18. The second-order valence-corrected chi connectivity index (χ2v) is 4.77. The van der Waals surface area contributed by atoms with Crippen molar-refractivity contribution < 1.29 is 19.0 Å². The van der Waals surface area contributed by atoms with Crippen LogP contribution in [0.25, 0.3) is 0 Å². The number of hydrazone groups is 1. The van der Waals surface area contributed by atoms with Crippen molar-refractivity contribution in [2.75, 3.05) is 20.8 Å². The summed E-state index contributed by atoms with van der Waals surface area (Å²) in [6.45, 7) is 2.55. The van der Waals surface area contributed by atoms with E-state index in [0.29, 0.717) is 23.7 Å². The molecule has 0 spiro atoms. The Bertz CT molecular complexity index is 711. The minimum absolute atomic E-state index is 0.364. The first-order valence-corrected chi connectivity index (χ1v) is 7.46. The van der Waals surface area contributed by atoms with E-state index in [4.69, 9.17) is 14.2 Å². The number of ether oxygens (including phenoxy) is 3. The predicted molar refractivity (Wildman–Crippen MR) is 92.2 cm³/mol. The van der Waals surface area contributed by atoms with E-state index in [-0.39, 0.29) is 5.91 Å². The van der Waals surface area contributed by atoms with E-state index in [1.165, 1.54) is 7.11 Å². The third-order valence-corrected chi connectivity index (χ3v) is 3.22. The van der Waals surface area contributed by atoms with Crippen molar-refractivity contribution in [1.82, 2.24) is 5.43 Å². The summed E-state index contributed by atoms with van der Waals surface area (Å²) in [6, 6.07) is 12.4. The minimum atomic E-state index is -0.364. The Labute approximate surface area is 141 Å². The number of hydrogen-bond acceptors (Lipinski definition) is 5. The highest BCUT2D eigenvalue weighted by atomic mass is 16.5. The molecule has 0 aliphatic heterocycles. The summed E-state index contributed by atoms with van der Waals surface area (Å²) < 4.78 is 15.7. The summed E-state index contributed by atoms with van der Waals surface area (Å²) in [5.74, 6) is 1.46. The van der Waals surface area contributed by atoms with Crippen LogP contribution in [0.1, 0.15) is 22.8 Å². The van der Waals surface area contributed by atoms with Crippen LogP contribution in [-0.4, -0.2) is 32.9 Å². The molecule has 0 radical (unpaired) electrons. The molecule has 0 aliphatic rings. The van der Waals surface area contributed by atoms with E-state index < -0.39 is 0 Å². The first kappa shape index (κ1) is 17.3. The highest BCUT2D eigenvalue weighted by Crippen LogP contribution is 2.24. The van der Waals surface area contributed by atoms with E-state index in [9.17, 15) is 4.79 Å². The van der Waals surface area contributed by atoms with Gasteiger partial charge in [-0.15, -0.1) is 0 Å². The van der Waals surface area contributed by atoms with Gasteiger partial charge in [0.25, 0.3) is 5.91 Å².